The van der Waals surface area contributed by atoms with Gasteiger partial charge in [0.1, 0.15) is 0 Å². The fraction of sp³-hybridized carbons (Fsp3) is 0.400. The van der Waals surface area contributed by atoms with E-state index in [1.165, 1.54) is 11.3 Å². The molecule has 1 aliphatic rings. The Kier molecular flexibility index (Phi) is 5.16. The van der Waals surface area contributed by atoms with Crippen molar-refractivity contribution in [1.82, 2.24) is 4.31 Å². The zero-order valence-corrected chi connectivity index (χ0v) is 16.0. The van der Waals surface area contributed by atoms with Crippen LogP contribution in [0, 0.1) is 13.8 Å². The molecule has 25 heavy (non-hydrogen) atoms. The monoisotopic (exact) mass is 358 g/mol. The van der Waals surface area contributed by atoms with Gasteiger partial charge in [-0.2, -0.15) is 4.31 Å². The van der Waals surface area contributed by atoms with Gasteiger partial charge in [-0.15, -0.1) is 0 Å². The molecule has 2 aromatic rings. The Morgan fingerprint density at radius 1 is 0.920 bits per heavy atom. The molecule has 4 nitrogen and oxygen atoms in total. The molecule has 0 bridgehead atoms. The summed E-state index contributed by atoms with van der Waals surface area (Å²) in [7, 11) is -3.42. The van der Waals surface area contributed by atoms with E-state index in [4.69, 9.17) is 0 Å². The number of nitrogens with zero attached hydrogens (tertiary/aromatic N) is 2. The second-order valence-corrected chi connectivity index (χ2v) is 8.56. The predicted molar refractivity (Wildman–Crippen MR) is 103 cm³/mol. The lowest BCUT2D eigenvalue weighted by Gasteiger charge is -2.36. The van der Waals surface area contributed by atoms with Gasteiger partial charge in [0.05, 0.1) is 4.90 Å². The van der Waals surface area contributed by atoms with Crippen molar-refractivity contribution < 1.29 is 8.42 Å². The highest BCUT2D eigenvalue weighted by Crippen LogP contribution is 2.25. The zero-order valence-electron chi connectivity index (χ0n) is 15.2. The lowest BCUT2D eigenvalue weighted by Crippen LogP contribution is -2.48. The second kappa shape index (κ2) is 7.18. The highest BCUT2D eigenvalue weighted by atomic mass is 32.2. The molecule has 3 rings (SSSR count). The van der Waals surface area contributed by atoms with E-state index in [-0.39, 0.29) is 0 Å². The van der Waals surface area contributed by atoms with Crippen molar-refractivity contribution in [3.05, 3.63) is 59.2 Å². The lowest BCUT2D eigenvalue weighted by molar-refractivity contribution is 0.384. The van der Waals surface area contributed by atoms with Gasteiger partial charge in [0.25, 0.3) is 0 Å². The fourth-order valence-corrected chi connectivity index (χ4v) is 4.82. The van der Waals surface area contributed by atoms with E-state index in [9.17, 15) is 8.42 Å². The summed E-state index contributed by atoms with van der Waals surface area (Å²) in [6.45, 7) is 8.59. The maximum atomic E-state index is 12.9. The van der Waals surface area contributed by atoms with Crippen LogP contribution in [0.2, 0.25) is 0 Å². The summed E-state index contributed by atoms with van der Waals surface area (Å²) in [6.07, 6.45) is 0.983. The van der Waals surface area contributed by atoms with Gasteiger partial charge in [-0.1, -0.05) is 31.2 Å². The third-order valence-electron chi connectivity index (χ3n) is 5.07. The topological polar surface area (TPSA) is 40.6 Å². The van der Waals surface area contributed by atoms with E-state index in [1.807, 2.05) is 26.0 Å². The van der Waals surface area contributed by atoms with Crippen molar-refractivity contribution in [2.75, 3.05) is 31.1 Å². The Morgan fingerprint density at radius 2 is 1.60 bits per heavy atom. The first kappa shape index (κ1) is 18.0. The second-order valence-electron chi connectivity index (χ2n) is 6.62. The molecule has 0 atom stereocenters. The summed E-state index contributed by atoms with van der Waals surface area (Å²) in [5.41, 5.74) is 4.66. The summed E-state index contributed by atoms with van der Waals surface area (Å²) in [4.78, 5) is 2.70. The summed E-state index contributed by atoms with van der Waals surface area (Å²) in [6, 6.07) is 13.8. The third kappa shape index (κ3) is 3.58. The van der Waals surface area contributed by atoms with Crippen LogP contribution in [0.25, 0.3) is 0 Å². The number of benzene rings is 2. The van der Waals surface area contributed by atoms with Gasteiger partial charge in [-0.3, -0.25) is 0 Å². The van der Waals surface area contributed by atoms with Crippen molar-refractivity contribution in [3.63, 3.8) is 0 Å². The van der Waals surface area contributed by atoms with Crippen molar-refractivity contribution in [2.45, 2.75) is 32.1 Å². The number of sulfonamides is 1. The van der Waals surface area contributed by atoms with Gasteiger partial charge in [0, 0.05) is 31.9 Å². The normalized spacial score (nSPS) is 16.2. The number of rotatable bonds is 4. The molecule has 0 aromatic heterocycles. The van der Waals surface area contributed by atoms with Crippen LogP contribution in [-0.2, 0) is 16.4 Å². The van der Waals surface area contributed by atoms with Gasteiger partial charge < -0.3 is 4.90 Å². The third-order valence-corrected chi connectivity index (χ3v) is 6.96. The Hall–Kier alpha value is -1.85. The van der Waals surface area contributed by atoms with E-state index >= 15 is 0 Å². The minimum absolute atomic E-state index is 0.401. The van der Waals surface area contributed by atoms with Gasteiger partial charge in [0.2, 0.25) is 10.0 Å². The summed E-state index contributed by atoms with van der Waals surface area (Å²) in [5, 5.41) is 0. The van der Waals surface area contributed by atoms with Crippen LogP contribution in [0.1, 0.15) is 23.6 Å². The zero-order chi connectivity index (χ0) is 18.0. The average molecular weight is 359 g/mol. The van der Waals surface area contributed by atoms with E-state index < -0.39 is 10.0 Å². The van der Waals surface area contributed by atoms with E-state index in [2.05, 4.69) is 30.0 Å². The first-order chi connectivity index (χ1) is 11.9. The smallest absolute Gasteiger partial charge is 0.243 e. The van der Waals surface area contributed by atoms with Crippen LogP contribution in [0.5, 0.6) is 0 Å². The SMILES string of the molecule is CCc1ccccc1N1CCN(S(=O)(=O)c2ccc(C)c(C)c2)CC1. The first-order valence-corrected chi connectivity index (χ1v) is 10.3. The Bertz CT molecular complexity index is 854. The number of aryl methyl sites for hydroxylation is 3. The Balaban J connectivity index is 1.76. The van der Waals surface area contributed by atoms with E-state index in [1.54, 1.807) is 16.4 Å². The summed E-state index contributed by atoms with van der Waals surface area (Å²) < 4.78 is 27.5. The van der Waals surface area contributed by atoms with E-state index in [0.717, 1.165) is 30.6 Å². The van der Waals surface area contributed by atoms with Crippen LogP contribution in [0.3, 0.4) is 0 Å². The van der Waals surface area contributed by atoms with Crippen molar-refractivity contribution >= 4 is 15.7 Å². The number of piperazine rings is 1. The minimum Gasteiger partial charge on any atom is -0.369 e. The molecule has 0 radical (unpaired) electrons. The van der Waals surface area contributed by atoms with E-state index in [0.29, 0.717) is 18.0 Å². The molecule has 0 N–H and O–H groups in total. The van der Waals surface area contributed by atoms with Gasteiger partial charge in [-0.25, -0.2) is 8.42 Å². The van der Waals surface area contributed by atoms with Crippen molar-refractivity contribution in [1.29, 1.82) is 0 Å². The molecule has 0 aliphatic carbocycles. The van der Waals surface area contributed by atoms with Gasteiger partial charge in [-0.05, 0) is 55.2 Å². The average Bonchev–Trinajstić information content (AvgIpc) is 2.64. The first-order valence-electron chi connectivity index (χ1n) is 8.83. The maximum absolute atomic E-state index is 12.9. The Labute approximate surface area is 151 Å². The van der Waals surface area contributed by atoms with Gasteiger partial charge in [0.15, 0.2) is 0 Å². The predicted octanol–water partition coefficient (Wildman–Crippen LogP) is 3.38. The molecule has 0 saturated carbocycles. The number of para-hydroxylation sites is 1. The molecule has 1 fully saturated rings. The number of hydrogen-bond acceptors (Lipinski definition) is 3. The number of hydrogen-bond donors (Lipinski definition) is 0. The standard InChI is InChI=1S/C20H26N2O2S/c1-4-18-7-5-6-8-20(18)21-11-13-22(14-12-21)25(23,24)19-10-9-16(2)17(3)15-19/h5-10,15H,4,11-14H2,1-3H3. The molecule has 0 unspecified atom stereocenters. The minimum atomic E-state index is -3.42. The molecule has 0 spiro atoms. The quantitative estimate of drug-likeness (QED) is 0.841. The summed E-state index contributed by atoms with van der Waals surface area (Å²) >= 11 is 0. The molecule has 2 aromatic carbocycles. The molecule has 5 heteroatoms. The molecule has 1 heterocycles. The highest BCUT2D eigenvalue weighted by Gasteiger charge is 2.29. The highest BCUT2D eigenvalue weighted by molar-refractivity contribution is 7.89. The molecule has 134 valence electrons. The van der Waals surface area contributed by atoms with Gasteiger partial charge >= 0.3 is 0 Å². The lowest BCUT2D eigenvalue weighted by atomic mass is 10.1. The molecule has 0 amide bonds. The Morgan fingerprint density at radius 3 is 2.24 bits per heavy atom. The molecular formula is C20H26N2O2S. The van der Waals surface area contributed by atoms with Crippen LogP contribution in [0.15, 0.2) is 47.4 Å². The van der Waals surface area contributed by atoms with Crippen molar-refractivity contribution in [2.24, 2.45) is 0 Å². The summed E-state index contributed by atoms with van der Waals surface area (Å²) in [5.74, 6) is 0. The fourth-order valence-electron chi connectivity index (χ4n) is 3.31. The number of anilines is 1. The van der Waals surface area contributed by atoms with Crippen LogP contribution < -0.4 is 4.90 Å². The maximum Gasteiger partial charge on any atom is 0.243 e. The van der Waals surface area contributed by atoms with Crippen LogP contribution >= 0.6 is 0 Å². The van der Waals surface area contributed by atoms with Crippen LogP contribution in [-0.4, -0.2) is 38.9 Å². The molecule has 1 saturated heterocycles. The van der Waals surface area contributed by atoms with Crippen molar-refractivity contribution in [3.8, 4) is 0 Å². The van der Waals surface area contributed by atoms with Crippen LogP contribution in [0.4, 0.5) is 5.69 Å². The largest absolute Gasteiger partial charge is 0.369 e. The molecular weight excluding hydrogens is 332 g/mol. The molecule has 1 aliphatic heterocycles.